The molecule has 0 heterocycles. The molecule has 11 heteroatoms. The molecule has 0 radical (unpaired) electrons. The van der Waals surface area contributed by atoms with Gasteiger partial charge in [-0.1, -0.05) is 44.2 Å². The number of nitrogens with one attached hydrogen (secondary N) is 3. The van der Waals surface area contributed by atoms with Crippen molar-refractivity contribution >= 4 is 36.3 Å². The number of carboxylic acids is 1. The van der Waals surface area contributed by atoms with Crippen LogP contribution >= 0.6 is 12.6 Å². The van der Waals surface area contributed by atoms with Gasteiger partial charge < -0.3 is 31.9 Å². The number of hydrogen-bond acceptors (Lipinski definition) is 7. The highest BCUT2D eigenvalue weighted by molar-refractivity contribution is 7.80. The second kappa shape index (κ2) is 13.7. The number of carbonyl (C=O) groups excluding carboxylic acids is 3. The zero-order valence-electron chi connectivity index (χ0n) is 18.2. The van der Waals surface area contributed by atoms with Gasteiger partial charge in [0, 0.05) is 12.2 Å². The summed E-state index contributed by atoms with van der Waals surface area (Å²) in [5.41, 5.74) is 6.43. The fourth-order valence-corrected chi connectivity index (χ4v) is 3.02. The number of rotatable bonds is 13. The Morgan fingerprint density at radius 2 is 1.47 bits per heavy atom. The average molecular weight is 469 g/mol. The minimum absolute atomic E-state index is 0.0000671. The lowest BCUT2D eigenvalue weighted by Gasteiger charge is -2.24. The van der Waals surface area contributed by atoms with Crippen LogP contribution in [0.25, 0.3) is 0 Å². The number of aliphatic hydroxyl groups excluding tert-OH is 1. The summed E-state index contributed by atoms with van der Waals surface area (Å²) in [5, 5.41) is 26.2. The molecule has 0 aliphatic carbocycles. The van der Waals surface area contributed by atoms with Crippen LogP contribution in [0.4, 0.5) is 0 Å². The summed E-state index contributed by atoms with van der Waals surface area (Å²) in [5.74, 6) is -3.31. The minimum atomic E-state index is -1.40. The van der Waals surface area contributed by atoms with E-state index < -0.39 is 54.5 Å². The van der Waals surface area contributed by atoms with Gasteiger partial charge in [-0.15, -0.1) is 0 Å². The van der Waals surface area contributed by atoms with Gasteiger partial charge in [-0.3, -0.25) is 14.4 Å². The van der Waals surface area contributed by atoms with Crippen LogP contribution in [-0.4, -0.2) is 70.4 Å². The zero-order chi connectivity index (χ0) is 24.3. The lowest BCUT2D eigenvalue weighted by molar-refractivity contribution is -0.143. The lowest BCUT2D eigenvalue weighted by atomic mass is 10.0. The molecule has 1 rings (SSSR count). The molecule has 1 aromatic rings. The van der Waals surface area contributed by atoms with Crippen molar-refractivity contribution in [3.05, 3.63) is 35.9 Å². The Balaban J connectivity index is 2.94. The van der Waals surface area contributed by atoms with E-state index in [1.54, 1.807) is 44.2 Å². The van der Waals surface area contributed by atoms with Gasteiger partial charge in [0.1, 0.15) is 18.1 Å². The van der Waals surface area contributed by atoms with E-state index in [1.807, 2.05) is 0 Å². The third-order valence-electron chi connectivity index (χ3n) is 4.59. The summed E-state index contributed by atoms with van der Waals surface area (Å²) < 4.78 is 0. The molecule has 10 nitrogen and oxygen atoms in total. The van der Waals surface area contributed by atoms with Gasteiger partial charge in [-0.25, -0.2) is 4.79 Å². The predicted molar refractivity (Wildman–Crippen MR) is 122 cm³/mol. The van der Waals surface area contributed by atoms with E-state index in [4.69, 9.17) is 5.73 Å². The van der Waals surface area contributed by atoms with Gasteiger partial charge in [0.05, 0.1) is 12.6 Å². The van der Waals surface area contributed by atoms with E-state index in [9.17, 15) is 29.4 Å². The normalized spacial score (nSPS) is 14.7. The van der Waals surface area contributed by atoms with Crippen LogP contribution in [0.5, 0.6) is 0 Å². The summed E-state index contributed by atoms with van der Waals surface area (Å²) in [6, 6.07) is 4.31. The molecule has 4 unspecified atom stereocenters. The van der Waals surface area contributed by atoms with Crippen LogP contribution in [-0.2, 0) is 25.6 Å². The maximum absolute atomic E-state index is 12.9. The van der Waals surface area contributed by atoms with Gasteiger partial charge >= 0.3 is 5.97 Å². The molecule has 1 aromatic carbocycles. The molecule has 0 aliphatic heterocycles. The molecule has 0 fully saturated rings. The summed E-state index contributed by atoms with van der Waals surface area (Å²) in [6.45, 7) is 2.85. The standard InChI is InChI=1S/C21H32N4O6S/c1-12(2)8-16(21(30)31)24-20(29)17(10-26)25-19(28)15(23-18(27)14(22)11-32)9-13-6-4-3-5-7-13/h3-7,12,14-17,26,32H,8-11,22H2,1-2H3,(H,23,27)(H,24,29)(H,25,28)(H,30,31). The van der Waals surface area contributed by atoms with Gasteiger partial charge in [0.2, 0.25) is 17.7 Å². The fourth-order valence-electron chi connectivity index (χ4n) is 2.85. The third-order valence-corrected chi connectivity index (χ3v) is 4.98. The molecule has 0 saturated carbocycles. The number of carbonyl (C=O) groups is 4. The van der Waals surface area contributed by atoms with E-state index >= 15 is 0 Å². The summed E-state index contributed by atoms with van der Waals surface area (Å²) in [6.07, 6.45) is 0.296. The summed E-state index contributed by atoms with van der Waals surface area (Å²) in [4.78, 5) is 49.0. The van der Waals surface area contributed by atoms with Crippen LogP contribution < -0.4 is 21.7 Å². The number of aliphatic hydroxyl groups is 1. The molecular formula is C21H32N4O6S. The van der Waals surface area contributed by atoms with E-state index in [1.165, 1.54) is 0 Å². The maximum Gasteiger partial charge on any atom is 0.326 e. The first-order valence-electron chi connectivity index (χ1n) is 10.2. The molecule has 178 valence electrons. The first kappa shape index (κ1) is 27.4. The van der Waals surface area contributed by atoms with E-state index in [0.29, 0.717) is 0 Å². The Labute approximate surface area is 192 Å². The Morgan fingerprint density at radius 1 is 0.938 bits per heavy atom. The molecule has 4 atom stereocenters. The number of hydrogen-bond donors (Lipinski definition) is 7. The van der Waals surface area contributed by atoms with Crippen molar-refractivity contribution in [2.45, 2.75) is 50.9 Å². The molecular weight excluding hydrogens is 436 g/mol. The smallest absolute Gasteiger partial charge is 0.326 e. The number of thiol groups is 1. The first-order valence-corrected chi connectivity index (χ1v) is 10.9. The molecule has 0 bridgehead atoms. The number of benzene rings is 1. The predicted octanol–water partition coefficient (Wildman–Crippen LogP) is -0.936. The molecule has 0 spiro atoms. The molecule has 3 amide bonds. The molecule has 32 heavy (non-hydrogen) atoms. The van der Waals surface area contributed by atoms with Crippen molar-refractivity contribution in [3.8, 4) is 0 Å². The number of carboxylic acid groups (broad SMARTS) is 1. The Bertz CT molecular complexity index is 777. The van der Waals surface area contributed by atoms with Crippen molar-refractivity contribution in [2.75, 3.05) is 12.4 Å². The Morgan fingerprint density at radius 3 is 1.97 bits per heavy atom. The molecule has 0 saturated heterocycles. The van der Waals surface area contributed by atoms with Crippen LogP contribution in [0.2, 0.25) is 0 Å². The Hall–Kier alpha value is -2.63. The van der Waals surface area contributed by atoms with E-state index in [2.05, 4.69) is 28.6 Å². The highest BCUT2D eigenvalue weighted by atomic mass is 32.1. The summed E-state index contributed by atoms with van der Waals surface area (Å²) >= 11 is 3.98. The highest BCUT2D eigenvalue weighted by Crippen LogP contribution is 2.07. The highest BCUT2D eigenvalue weighted by Gasteiger charge is 2.30. The van der Waals surface area contributed by atoms with Gasteiger partial charge in [-0.2, -0.15) is 12.6 Å². The van der Waals surface area contributed by atoms with Crippen molar-refractivity contribution in [2.24, 2.45) is 11.7 Å². The van der Waals surface area contributed by atoms with E-state index in [0.717, 1.165) is 5.56 Å². The van der Waals surface area contributed by atoms with Gasteiger partial charge in [-0.05, 0) is 17.9 Å². The van der Waals surface area contributed by atoms with Crippen molar-refractivity contribution in [1.29, 1.82) is 0 Å². The van der Waals surface area contributed by atoms with E-state index in [-0.39, 0.29) is 24.5 Å². The lowest BCUT2D eigenvalue weighted by Crippen LogP contribution is -2.58. The van der Waals surface area contributed by atoms with Crippen LogP contribution in [0, 0.1) is 5.92 Å². The van der Waals surface area contributed by atoms with Crippen molar-refractivity contribution in [1.82, 2.24) is 16.0 Å². The second-order valence-corrected chi connectivity index (χ2v) is 8.18. The quantitative estimate of drug-likeness (QED) is 0.183. The monoisotopic (exact) mass is 468 g/mol. The number of amides is 3. The summed E-state index contributed by atoms with van der Waals surface area (Å²) in [7, 11) is 0. The van der Waals surface area contributed by atoms with Crippen molar-refractivity contribution in [3.63, 3.8) is 0 Å². The first-order chi connectivity index (χ1) is 15.1. The molecule has 7 N–H and O–H groups in total. The SMILES string of the molecule is CC(C)CC(NC(=O)C(CO)NC(=O)C(Cc1ccccc1)NC(=O)C(N)CS)C(=O)O. The third kappa shape index (κ3) is 9.25. The largest absolute Gasteiger partial charge is 0.480 e. The molecule has 0 aromatic heterocycles. The van der Waals surface area contributed by atoms with Crippen LogP contribution in [0.15, 0.2) is 30.3 Å². The van der Waals surface area contributed by atoms with Crippen molar-refractivity contribution < 1.29 is 29.4 Å². The topological polar surface area (TPSA) is 171 Å². The number of aliphatic carboxylic acids is 1. The van der Waals surface area contributed by atoms with Crippen LogP contribution in [0.3, 0.4) is 0 Å². The van der Waals surface area contributed by atoms with Gasteiger partial charge in [0.15, 0.2) is 0 Å². The Kier molecular flexibility index (Phi) is 11.7. The maximum atomic E-state index is 12.9. The van der Waals surface area contributed by atoms with Crippen LogP contribution in [0.1, 0.15) is 25.8 Å². The minimum Gasteiger partial charge on any atom is -0.480 e. The van der Waals surface area contributed by atoms with Gasteiger partial charge in [0.25, 0.3) is 0 Å². The number of nitrogens with two attached hydrogens (primary N) is 1. The second-order valence-electron chi connectivity index (χ2n) is 7.81. The fraction of sp³-hybridized carbons (Fsp3) is 0.524. The zero-order valence-corrected chi connectivity index (χ0v) is 19.0. The average Bonchev–Trinajstić information content (AvgIpc) is 2.75. The molecule has 0 aliphatic rings.